The van der Waals surface area contributed by atoms with Gasteiger partial charge in [0.2, 0.25) is 0 Å². The number of aryl methyl sites for hydroxylation is 1. The van der Waals surface area contributed by atoms with Gasteiger partial charge in [-0.2, -0.15) is 15.1 Å². The molecule has 0 spiro atoms. The first-order valence-corrected chi connectivity index (χ1v) is 8.88. The van der Waals surface area contributed by atoms with Crippen LogP contribution in [0.25, 0.3) is 0 Å². The second-order valence-corrected chi connectivity index (χ2v) is 6.91. The zero-order valence-corrected chi connectivity index (χ0v) is 15.4. The van der Waals surface area contributed by atoms with Crippen LogP contribution in [-0.4, -0.2) is 10.2 Å². The number of nitroso groups, excluding NO2 is 1. The molecule has 1 unspecified atom stereocenters. The normalized spacial score (nSPS) is 13.2. The average Bonchev–Trinajstić information content (AvgIpc) is 2.65. The van der Waals surface area contributed by atoms with Crippen LogP contribution in [0.5, 0.6) is 0 Å². The summed E-state index contributed by atoms with van der Waals surface area (Å²) in [4.78, 5) is 11.5. The molecule has 3 rings (SSSR count). The Morgan fingerprint density at radius 2 is 1.76 bits per heavy atom. The second-order valence-electron chi connectivity index (χ2n) is 5.99. The highest BCUT2D eigenvalue weighted by molar-refractivity contribution is 9.10. The summed E-state index contributed by atoms with van der Waals surface area (Å²) in [5.41, 5.74) is 4.36. The van der Waals surface area contributed by atoms with E-state index in [4.69, 9.17) is 0 Å². The molecule has 126 valence electrons. The molecule has 5 heteroatoms. The van der Waals surface area contributed by atoms with Crippen molar-refractivity contribution in [3.63, 3.8) is 0 Å². The molecule has 0 N–H and O–H groups in total. The summed E-state index contributed by atoms with van der Waals surface area (Å²) in [6.45, 7) is 2.10. The zero-order valence-electron chi connectivity index (χ0n) is 13.8. The van der Waals surface area contributed by atoms with Crippen LogP contribution in [0.3, 0.4) is 0 Å². The fraction of sp³-hybridized carbons (Fsp3) is 0.200. The lowest BCUT2D eigenvalue weighted by Gasteiger charge is -2.22. The molecule has 0 radical (unpaired) electrons. The predicted molar refractivity (Wildman–Crippen MR) is 102 cm³/mol. The van der Waals surface area contributed by atoms with Gasteiger partial charge in [-0.25, -0.2) is 0 Å². The maximum Gasteiger partial charge on any atom is 0.119 e. The van der Waals surface area contributed by atoms with E-state index in [1.165, 1.54) is 11.1 Å². The number of aromatic nitrogens is 2. The lowest BCUT2D eigenvalue weighted by atomic mass is 9.83. The molecule has 1 heterocycles. The quantitative estimate of drug-likeness (QED) is 0.512. The van der Waals surface area contributed by atoms with Crippen LogP contribution >= 0.6 is 15.9 Å². The van der Waals surface area contributed by atoms with Crippen molar-refractivity contribution in [2.75, 3.05) is 0 Å². The minimum Gasteiger partial charge on any atom is -0.159 e. The van der Waals surface area contributed by atoms with E-state index in [1.807, 2.05) is 24.3 Å². The number of rotatable bonds is 6. The molecule has 0 saturated heterocycles. The fourth-order valence-electron chi connectivity index (χ4n) is 3.08. The number of hydrogen-bond donors (Lipinski definition) is 0. The van der Waals surface area contributed by atoms with Gasteiger partial charge in [0.05, 0.1) is 6.20 Å². The SMILES string of the molecule is Cc1ccccc1[C@H](CC(N=O)c1ccnnc1)c1ccc(Br)cc1. The van der Waals surface area contributed by atoms with Crippen molar-refractivity contribution in [2.45, 2.75) is 25.3 Å². The summed E-state index contributed by atoms with van der Waals surface area (Å²) in [5.74, 6) is 0.0742. The molecule has 0 amide bonds. The van der Waals surface area contributed by atoms with Crippen molar-refractivity contribution < 1.29 is 0 Å². The minimum absolute atomic E-state index is 0.0742. The Labute approximate surface area is 155 Å². The lowest BCUT2D eigenvalue weighted by molar-refractivity contribution is 0.589. The van der Waals surface area contributed by atoms with Gasteiger partial charge >= 0.3 is 0 Å². The third-order valence-corrected chi connectivity index (χ3v) is 4.94. The average molecular weight is 396 g/mol. The van der Waals surface area contributed by atoms with Gasteiger partial charge in [0.25, 0.3) is 0 Å². The first-order valence-electron chi connectivity index (χ1n) is 8.09. The van der Waals surface area contributed by atoms with Crippen molar-refractivity contribution in [3.05, 3.63) is 98.6 Å². The largest absolute Gasteiger partial charge is 0.159 e. The Kier molecular flexibility index (Phi) is 5.66. The molecular formula is C20H18BrN3O. The van der Waals surface area contributed by atoms with Crippen LogP contribution in [-0.2, 0) is 0 Å². The summed E-state index contributed by atoms with van der Waals surface area (Å²) in [6, 6.07) is 17.8. The summed E-state index contributed by atoms with van der Waals surface area (Å²) < 4.78 is 1.03. The molecule has 25 heavy (non-hydrogen) atoms. The van der Waals surface area contributed by atoms with Gasteiger partial charge < -0.3 is 0 Å². The van der Waals surface area contributed by atoms with E-state index >= 15 is 0 Å². The van der Waals surface area contributed by atoms with E-state index in [9.17, 15) is 4.91 Å². The minimum atomic E-state index is -0.469. The van der Waals surface area contributed by atoms with Gasteiger partial charge in [-0.1, -0.05) is 57.5 Å². The van der Waals surface area contributed by atoms with E-state index in [1.54, 1.807) is 18.5 Å². The van der Waals surface area contributed by atoms with E-state index in [-0.39, 0.29) is 5.92 Å². The molecule has 0 fully saturated rings. The number of benzene rings is 2. The number of nitrogens with zero attached hydrogens (tertiary/aromatic N) is 3. The van der Waals surface area contributed by atoms with E-state index in [2.05, 4.69) is 62.5 Å². The van der Waals surface area contributed by atoms with Crippen molar-refractivity contribution in [3.8, 4) is 0 Å². The highest BCUT2D eigenvalue weighted by Crippen LogP contribution is 2.37. The van der Waals surface area contributed by atoms with Gasteiger partial charge in [-0.05, 0) is 48.2 Å². The zero-order chi connectivity index (χ0) is 17.6. The van der Waals surface area contributed by atoms with Gasteiger partial charge in [0, 0.05) is 22.2 Å². The summed E-state index contributed by atoms with van der Waals surface area (Å²) in [7, 11) is 0. The third kappa shape index (κ3) is 4.17. The fourth-order valence-corrected chi connectivity index (χ4v) is 3.34. The molecule has 0 saturated carbocycles. The van der Waals surface area contributed by atoms with Gasteiger partial charge in [-0.15, -0.1) is 0 Å². The lowest BCUT2D eigenvalue weighted by Crippen LogP contribution is -2.08. The van der Waals surface area contributed by atoms with E-state index in [0.717, 1.165) is 15.6 Å². The maximum absolute atomic E-state index is 11.5. The highest BCUT2D eigenvalue weighted by Gasteiger charge is 2.23. The Morgan fingerprint density at radius 1 is 1.00 bits per heavy atom. The second kappa shape index (κ2) is 8.12. The van der Waals surface area contributed by atoms with Crippen molar-refractivity contribution in [2.24, 2.45) is 5.18 Å². The molecule has 4 nitrogen and oxygen atoms in total. The smallest absolute Gasteiger partial charge is 0.119 e. The third-order valence-electron chi connectivity index (χ3n) is 4.41. The predicted octanol–water partition coefficient (Wildman–Crippen LogP) is 5.58. The monoisotopic (exact) mass is 395 g/mol. The molecule has 2 atom stereocenters. The first-order chi connectivity index (χ1) is 12.2. The topological polar surface area (TPSA) is 55.2 Å². The van der Waals surface area contributed by atoms with E-state index < -0.39 is 6.04 Å². The molecule has 3 aromatic rings. The molecule has 0 aliphatic carbocycles. The number of hydrogen-bond acceptors (Lipinski definition) is 4. The molecule has 1 aromatic heterocycles. The van der Waals surface area contributed by atoms with Gasteiger partial charge in [0.1, 0.15) is 6.04 Å². The highest BCUT2D eigenvalue weighted by atomic mass is 79.9. The van der Waals surface area contributed by atoms with Crippen molar-refractivity contribution in [1.29, 1.82) is 0 Å². The summed E-state index contributed by atoms with van der Waals surface area (Å²) in [6.07, 6.45) is 3.79. The summed E-state index contributed by atoms with van der Waals surface area (Å²) >= 11 is 3.48. The van der Waals surface area contributed by atoms with Crippen LogP contribution in [0.2, 0.25) is 0 Å². The standard InChI is InChI=1S/C20H18BrN3O/c1-14-4-2-3-5-18(14)19(15-6-8-17(21)9-7-15)12-20(24-25)16-10-11-22-23-13-16/h2-11,13,19-20H,12H2,1H3/t19-,20?/m1/s1. The molecule has 0 bridgehead atoms. The van der Waals surface area contributed by atoms with E-state index in [0.29, 0.717) is 6.42 Å². The first kappa shape index (κ1) is 17.4. The Morgan fingerprint density at radius 3 is 2.40 bits per heavy atom. The van der Waals surface area contributed by atoms with Crippen LogP contribution in [0.15, 0.2) is 76.6 Å². The van der Waals surface area contributed by atoms with Crippen molar-refractivity contribution >= 4 is 15.9 Å². The van der Waals surface area contributed by atoms with Crippen molar-refractivity contribution in [1.82, 2.24) is 10.2 Å². The number of halogens is 1. The molecular weight excluding hydrogens is 378 g/mol. The van der Waals surface area contributed by atoms with Gasteiger partial charge in [0.15, 0.2) is 0 Å². The molecule has 0 aliphatic rings. The molecule has 0 aliphatic heterocycles. The van der Waals surface area contributed by atoms with Crippen LogP contribution in [0, 0.1) is 11.8 Å². The van der Waals surface area contributed by atoms with Gasteiger partial charge in [-0.3, -0.25) is 0 Å². The van der Waals surface area contributed by atoms with Crippen LogP contribution in [0.1, 0.15) is 40.6 Å². The van der Waals surface area contributed by atoms with Crippen LogP contribution in [0.4, 0.5) is 0 Å². The Bertz CT molecular complexity index is 837. The summed E-state index contributed by atoms with van der Waals surface area (Å²) in [5, 5.41) is 11.0. The Hall–Kier alpha value is -2.40. The maximum atomic E-state index is 11.5. The molecule has 2 aromatic carbocycles. The van der Waals surface area contributed by atoms with Crippen LogP contribution < -0.4 is 0 Å². The Balaban J connectivity index is 2.00.